The van der Waals surface area contributed by atoms with Gasteiger partial charge in [-0.2, -0.15) is 4.80 Å². The number of ether oxygens (including phenoxy) is 1. The first-order chi connectivity index (χ1) is 15.2. The molecule has 1 heterocycles. The fourth-order valence-corrected chi connectivity index (χ4v) is 4.36. The van der Waals surface area contributed by atoms with Gasteiger partial charge in [-0.3, -0.25) is 0 Å². The molecule has 8 nitrogen and oxygen atoms in total. The molecule has 32 heavy (non-hydrogen) atoms. The van der Waals surface area contributed by atoms with Crippen LogP contribution in [0.2, 0.25) is 5.02 Å². The van der Waals surface area contributed by atoms with E-state index in [0.717, 1.165) is 22.4 Å². The molecule has 164 valence electrons. The predicted octanol–water partition coefficient (Wildman–Crippen LogP) is 3.67. The molecular weight excluding hydrogens is 450 g/mol. The first-order valence-electron chi connectivity index (χ1n) is 9.59. The molecule has 0 aliphatic rings. The van der Waals surface area contributed by atoms with Crippen molar-refractivity contribution < 1.29 is 13.2 Å². The lowest BCUT2D eigenvalue weighted by Gasteiger charge is -2.12. The van der Waals surface area contributed by atoms with Gasteiger partial charge >= 0.3 is 0 Å². The van der Waals surface area contributed by atoms with E-state index in [0.29, 0.717) is 12.1 Å². The number of methoxy groups -OCH3 is 1. The number of halogens is 1. The second-order valence-corrected chi connectivity index (χ2v) is 9.20. The standard InChI is InChI=1S/C22H20ClN5O3S/c1-14-3-7-16(8-4-14)19-11-17(23)12-20(32(24,29)30)21(19)22-25-27-28(26-22)13-15-5-9-18(31-2)10-6-15/h3-12H,13H2,1-2H3,(H2,24,29,30). The zero-order chi connectivity index (χ0) is 22.9. The van der Waals surface area contributed by atoms with E-state index in [-0.39, 0.29) is 21.3 Å². The molecule has 0 amide bonds. The zero-order valence-corrected chi connectivity index (χ0v) is 18.9. The van der Waals surface area contributed by atoms with Crippen molar-refractivity contribution in [3.63, 3.8) is 0 Å². The zero-order valence-electron chi connectivity index (χ0n) is 17.4. The summed E-state index contributed by atoms with van der Waals surface area (Å²) in [5.41, 5.74) is 3.54. The van der Waals surface area contributed by atoms with Gasteiger partial charge in [-0.25, -0.2) is 13.6 Å². The summed E-state index contributed by atoms with van der Waals surface area (Å²) < 4.78 is 30.0. The lowest BCUT2D eigenvalue weighted by atomic mass is 9.98. The van der Waals surface area contributed by atoms with Crippen LogP contribution in [0.25, 0.3) is 22.5 Å². The molecule has 1 aromatic heterocycles. The van der Waals surface area contributed by atoms with Gasteiger partial charge in [0.25, 0.3) is 0 Å². The summed E-state index contributed by atoms with van der Waals surface area (Å²) in [7, 11) is -2.52. The minimum Gasteiger partial charge on any atom is -0.497 e. The van der Waals surface area contributed by atoms with Gasteiger partial charge in [-0.05, 0) is 53.1 Å². The molecule has 4 rings (SSSR count). The SMILES string of the molecule is COc1ccc(Cn2nnc(-c3c(-c4ccc(C)cc4)cc(Cl)cc3S(N)(=O)=O)n2)cc1. The van der Waals surface area contributed by atoms with Crippen molar-refractivity contribution in [3.8, 4) is 28.3 Å². The van der Waals surface area contributed by atoms with Gasteiger partial charge in [0.2, 0.25) is 15.8 Å². The van der Waals surface area contributed by atoms with E-state index in [1.165, 1.54) is 10.9 Å². The van der Waals surface area contributed by atoms with Crippen molar-refractivity contribution in [1.82, 2.24) is 20.2 Å². The highest BCUT2D eigenvalue weighted by Crippen LogP contribution is 2.37. The molecule has 0 saturated heterocycles. The van der Waals surface area contributed by atoms with Gasteiger partial charge in [0.1, 0.15) is 5.75 Å². The fourth-order valence-electron chi connectivity index (χ4n) is 3.30. The molecule has 0 unspecified atom stereocenters. The van der Waals surface area contributed by atoms with E-state index < -0.39 is 10.0 Å². The van der Waals surface area contributed by atoms with E-state index in [4.69, 9.17) is 21.5 Å². The molecule has 0 atom stereocenters. The third-order valence-electron chi connectivity index (χ3n) is 4.90. The Kier molecular flexibility index (Phi) is 5.96. The summed E-state index contributed by atoms with van der Waals surface area (Å²) in [6.45, 7) is 2.31. The van der Waals surface area contributed by atoms with Gasteiger partial charge in [-0.1, -0.05) is 53.6 Å². The summed E-state index contributed by atoms with van der Waals surface area (Å²) in [4.78, 5) is 1.22. The quantitative estimate of drug-likeness (QED) is 0.461. The molecule has 0 fully saturated rings. The first kappa shape index (κ1) is 21.9. The van der Waals surface area contributed by atoms with E-state index in [1.54, 1.807) is 13.2 Å². The number of aromatic nitrogens is 4. The van der Waals surface area contributed by atoms with Crippen LogP contribution < -0.4 is 9.88 Å². The summed E-state index contributed by atoms with van der Waals surface area (Å²) in [6, 6.07) is 18.0. The van der Waals surface area contributed by atoms with Crippen LogP contribution in [0.15, 0.2) is 65.6 Å². The molecule has 3 aromatic carbocycles. The number of aryl methyl sites for hydroxylation is 1. The Balaban J connectivity index is 1.82. The molecule has 0 saturated carbocycles. The smallest absolute Gasteiger partial charge is 0.238 e. The van der Waals surface area contributed by atoms with Crippen molar-refractivity contribution in [2.24, 2.45) is 5.14 Å². The topological polar surface area (TPSA) is 113 Å². The Morgan fingerprint density at radius 3 is 2.38 bits per heavy atom. The van der Waals surface area contributed by atoms with Gasteiger partial charge in [0, 0.05) is 5.02 Å². The number of nitrogens with two attached hydrogens (primary N) is 1. The molecule has 0 radical (unpaired) electrons. The average molecular weight is 470 g/mol. The lowest BCUT2D eigenvalue weighted by Crippen LogP contribution is -2.14. The number of tetrazole rings is 1. The maximum atomic E-state index is 12.4. The lowest BCUT2D eigenvalue weighted by molar-refractivity contribution is 0.414. The number of rotatable bonds is 6. The fraction of sp³-hybridized carbons (Fsp3) is 0.136. The summed E-state index contributed by atoms with van der Waals surface area (Å²) in [5, 5.41) is 18.4. The van der Waals surface area contributed by atoms with E-state index in [1.807, 2.05) is 55.5 Å². The number of sulfonamides is 1. The Bertz CT molecular complexity index is 1370. The van der Waals surface area contributed by atoms with Crippen LogP contribution in [0.1, 0.15) is 11.1 Å². The number of benzene rings is 3. The van der Waals surface area contributed by atoms with Crippen LogP contribution in [0.3, 0.4) is 0 Å². The molecule has 0 aliphatic heterocycles. The van der Waals surface area contributed by atoms with Gasteiger partial charge in [-0.15, -0.1) is 10.2 Å². The normalized spacial score (nSPS) is 11.5. The van der Waals surface area contributed by atoms with Crippen LogP contribution in [0.5, 0.6) is 5.75 Å². The number of hydrogen-bond donors (Lipinski definition) is 1. The predicted molar refractivity (Wildman–Crippen MR) is 122 cm³/mol. The minimum absolute atomic E-state index is 0.134. The highest BCUT2D eigenvalue weighted by molar-refractivity contribution is 7.89. The van der Waals surface area contributed by atoms with Crippen molar-refractivity contribution in [1.29, 1.82) is 0 Å². The summed E-state index contributed by atoms with van der Waals surface area (Å²) >= 11 is 6.24. The van der Waals surface area contributed by atoms with Crippen LogP contribution in [0.4, 0.5) is 0 Å². The third kappa shape index (κ3) is 4.64. The maximum absolute atomic E-state index is 12.4. The molecule has 0 aliphatic carbocycles. The van der Waals surface area contributed by atoms with Crippen LogP contribution >= 0.6 is 11.6 Å². The Morgan fingerprint density at radius 2 is 1.75 bits per heavy atom. The molecule has 0 bridgehead atoms. The maximum Gasteiger partial charge on any atom is 0.238 e. The minimum atomic E-state index is -4.12. The van der Waals surface area contributed by atoms with E-state index >= 15 is 0 Å². The number of primary sulfonamides is 1. The van der Waals surface area contributed by atoms with Crippen LogP contribution in [0, 0.1) is 6.92 Å². The van der Waals surface area contributed by atoms with Gasteiger partial charge in [0.05, 0.1) is 24.1 Å². The number of hydrogen-bond acceptors (Lipinski definition) is 6. The molecular formula is C22H20ClN5O3S. The van der Waals surface area contributed by atoms with E-state index in [9.17, 15) is 8.42 Å². The second-order valence-electron chi connectivity index (χ2n) is 7.23. The average Bonchev–Trinajstić information content (AvgIpc) is 3.21. The molecule has 2 N–H and O–H groups in total. The number of nitrogens with zero attached hydrogens (tertiary/aromatic N) is 4. The van der Waals surface area contributed by atoms with Crippen molar-refractivity contribution in [3.05, 3.63) is 76.8 Å². The van der Waals surface area contributed by atoms with Crippen LogP contribution in [-0.4, -0.2) is 35.7 Å². The van der Waals surface area contributed by atoms with E-state index in [2.05, 4.69) is 15.4 Å². The van der Waals surface area contributed by atoms with Crippen molar-refractivity contribution in [2.75, 3.05) is 7.11 Å². The Hall–Kier alpha value is -3.27. The van der Waals surface area contributed by atoms with Crippen molar-refractivity contribution >= 4 is 21.6 Å². The summed E-state index contributed by atoms with van der Waals surface area (Å²) in [6.07, 6.45) is 0. The molecule has 0 spiro atoms. The third-order valence-corrected chi connectivity index (χ3v) is 6.05. The summed E-state index contributed by atoms with van der Waals surface area (Å²) in [5.74, 6) is 0.873. The highest BCUT2D eigenvalue weighted by atomic mass is 35.5. The van der Waals surface area contributed by atoms with Crippen LogP contribution in [-0.2, 0) is 16.6 Å². The molecule has 4 aromatic rings. The van der Waals surface area contributed by atoms with Gasteiger partial charge in [0.15, 0.2) is 0 Å². The molecule has 10 heteroatoms. The Morgan fingerprint density at radius 1 is 1.06 bits per heavy atom. The first-order valence-corrected chi connectivity index (χ1v) is 11.5. The highest BCUT2D eigenvalue weighted by Gasteiger charge is 2.24. The Labute approximate surface area is 190 Å². The van der Waals surface area contributed by atoms with Gasteiger partial charge < -0.3 is 4.74 Å². The second kappa shape index (κ2) is 8.70. The largest absolute Gasteiger partial charge is 0.497 e. The van der Waals surface area contributed by atoms with Crippen molar-refractivity contribution in [2.45, 2.75) is 18.4 Å². The monoisotopic (exact) mass is 469 g/mol.